The third-order valence-corrected chi connectivity index (χ3v) is 10.6. The average molecular weight is 673 g/mol. The van der Waals surface area contributed by atoms with Crippen molar-refractivity contribution in [2.75, 3.05) is 39.3 Å². The minimum atomic E-state index is -5.00. The Morgan fingerprint density at radius 3 is 2.07 bits per heavy atom. The molecule has 3 heterocycles. The van der Waals surface area contributed by atoms with Gasteiger partial charge in [-0.1, -0.05) is 59.6 Å². The Labute approximate surface area is 267 Å². The second-order valence-electron chi connectivity index (χ2n) is 12.6. The number of fused-ring (bicyclic) bond motifs is 2. The molecule has 3 aromatic rings. The van der Waals surface area contributed by atoms with Gasteiger partial charge in [-0.15, -0.1) is 0 Å². The number of nitrogens with zero attached hydrogens (tertiary/aromatic N) is 2. The lowest BCUT2D eigenvalue weighted by atomic mass is 9.78. The van der Waals surface area contributed by atoms with Gasteiger partial charge in [-0.3, -0.25) is 4.79 Å². The first-order valence-corrected chi connectivity index (χ1v) is 15.4. The zero-order valence-corrected chi connectivity index (χ0v) is 25.7. The van der Waals surface area contributed by atoms with E-state index in [0.29, 0.717) is 35.7 Å². The maximum atomic E-state index is 13.6. The summed E-state index contributed by atoms with van der Waals surface area (Å²) in [6.07, 6.45) is -7.46. The molecule has 3 aromatic carbocycles. The van der Waals surface area contributed by atoms with Crippen molar-refractivity contribution in [2.45, 2.75) is 49.2 Å². The molecule has 2 bridgehead atoms. The van der Waals surface area contributed by atoms with Crippen LogP contribution < -0.4 is 0 Å². The molecule has 3 aliphatic rings. The smallest absolute Gasteiger partial charge is 0.358 e. The number of quaternary nitrogens is 1. The number of carbonyl (C=O) groups is 1. The Morgan fingerprint density at radius 1 is 0.822 bits per heavy atom. The molecule has 1 amide bonds. The summed E-state index contributed by atoms with van der Waals surface area (Å²) in [7, 11) is 0. The molecule has 4 nitrogen and oxygen atoms in total. The van der Waals surface area contributed by atoms with Crippen molar-refractivity contribution < 1.29 is 40.4 Å². The molecule has 3 saturated heterocycles. The molecule has 12 heteroatoms. The number of amides is 1. The number of benzene rings is 3. The molecule has 240 valence electrons. The molecule has 6 rings (SSSR count). The van der Waals surface area contributed by atoms with Gasteiger partial charge >= 0.3 is 12.4 Å². The number of ether oxygens (including phenoxy) is 1. The lowest BCUT2D eigenvalue weighted by molar-refractivity contribution is -0.910. The monoisotopic (exact) mass is 671 g/mol. The molecular weight excluding hydrogens is 641 g/mol. The maximum Gasteiger partial charge on any atom is 0.416 e. The minimum Gasteiger partial charge on any atom is -0.358 e. The van der Waals surface area contributed by atoms with Crippen LogP contribution in [0.5, 0.6) is 0 Å². The van der Waals surface area contributed by atoms with Gasteiger partial charge in [-0.25, -0.2) is 0 Å². The third kappa shape index (κ3) is 6.31. The van der Waals surface area contributed by atoms with Crippen molar-refractivity contribution in [1.29, 1.82) is 0 Å². The summed E-state index contributed by atoms with van der Waals surface area (Å²) in [5, 5.41) is 0.585. The summed E-state index contributed by atoms with van der Waals surface area (Å²) in [5.41, 5.74) is -2.18. The van der Waals surface area contributed by atoms with Crippen LogP contribution in [-0.2, 0) is 39.4 Å². The Hall–Kier alpha value is -2.79. The summed E-state index contributed by atoms with van der Waals surface area (Å²) in [5.74, 6) is -0.533. The zero-order valence-electron chi connectivity index (χ0n) is 24.2. The molecule has 0 radical (unpaired) electrons. The Bertz CT molecular complexity index is 1560. The molecule has 45 heavy (non-hydrogen) atoms. The van der Waals surface area contributed by atoms with Crippen molar-refractivity contribution in [3.05, 3.63) is 105 Å². The first-order valence-electron chi connectivity index (χ1n) is 14.7. The number of carbonyl (C=O) groups excluding carboxylic acids is 1. The zero-order chi connectivity index (χ0) is 32.3. The van der Waals surface area contributed by atoms with Gasteiger partial charge in [0.2, 0.25) is 5.91 Å². The Kier molecular flexibility index (Phi) is 8.20. The molecular formula is C33H31Cl2F6N2O2+. The molecule has 3 aliphatic heterocycles. The number of rotatable bonds is 7. The normalized spacial score (nSPS) is 26.9. The van der Waals surface area contributed by atoms with E-state index in [1.54, 1.807) is 18.2 Å². The van der Waals surface area contributed by atoms with Crippen molar-refractivity contribution in [3.8, 4) is 0 Å². The standard InChI is InChI=1S/C33H31Cl2F6N2O2/c34-27-7-6-24(17-28(27)35)31(10-13-43-11-8-30(21-43,9-12-43)23-4-2-1-3-5-23)20-42(29(44)19-45-31)18-22-14-25(32(36,37)38)16-26(15-22)33(39,40)41/h1-7,14-17H,8-13,18-21H2/q+1. The summed E-state index contributed by atoms with van der Waals surface area (Å²) in [4.78, 5) is 14.4. The second-order valence-corrected chi connectivity index (χ2v) is 13.5. The van der Waals surface area contributed by atoms with E-state index >= 15 is 0 Å². The molecule has 0 aliphatic carbocycles. The van der Waals surface area contributed by atoms with Crippen LogP contribution in [0.1, 0.15) is 47.1 Å². The van der Waals surface area contributed by atoms with Crippen molar-refractivity contribution in [3.63, 3.8) is 0 Å². The van der Waals surface area contributed by atoms with Crippen LogP contribution in [0.4, 0.5) is 26.3 Å². The number of halogens is 8. The minimum absolute atomic E-state index is 0.0782. The van der Waals surface area contributed by atoms with Crippen LogP contribution in [0.25, 0.3) is 0 Å². The third-order valence-electron chi connectivity index (χ3n) is 9.88. The van der Waals surface area contributed by atoms with Crippen molar-refractivity contribution in [2.24, 2.45) is 0 Å². The van der Waals surface area contributed by atoms with E-state index in [1.165, 1.54) is 10.5 Å². The van der Waals surface area contributed by atoms with Crippen molar-refractivity contribution in [1.82, 2.24) is 4.90 Å². The lowest BCUT2D eigenvalue weighted by Crippen LogP contribution is -2.55. The fourth-order valence-electron chi connectivity index (χ4n) is 7.45. The molecule has 1 unspecified atom stereocenters. The highest BCUT2D eigenvalue weighted by molar-refractivity contribution is 6.42. The van der Waals surface area contributed by atoms with Gasteiger partial charge in [0.15, 0.2) is 0 Å². The summed E-state index contributed by atoms with van der Waals surface area (Å²) < 4.78 is 88.6. The predicted molar refractivity (Wildman–Crippen MR) is 158 cm³/mol. The predicted octanol–water partition coefficient (Wildman–Crippen LogP) is 8.24. The fourth-order valence-corrected chi connectivity index (χ4v) is 7.75. The second kappa shape index (κ2) is 11.5. The first-order chi connectivity index (χ1) is 21.1. The number of hydrogen-bond acceptors (Lipinski definition) is 2. The Morgan fingerprint density at radius 2 is 1.47 bits per heavy atom. The highest BCUT2D eigenvalue weighted by Gasteiger charge is 2.57. The van der Waals surface area contributed by atoms with E-state index in [-0.39, 0.29) is 35.2 Å². The number of morpholine rings is 1. The number of piperidine rings is 1. The van der Waals surface area contributed by atoms with Gasteiger partial charge in [0.25, 0.3) is 0 Å². The van der Waals surface area contributed by atoms with E-state index in [2.05, 4.69) is 24.3 Å². The van der Waals surface area contributed by atoms with Gasteiger partial charge in [-0.2, -0.15) is 26.3 Å². The fraction of sp³-hybridized carbons (Fsp3) is 0.424. The summed E-state index contributed by atoms with van der Waals surface area (Å²) in [6.45, 7) is 2.69. The van der Waals surface area contributed by atoms with Crippen molar-refractivity contribution >= 4 is 29.1 Å². The van der Waals surface area contributed by atoms with E-state index < -0.39 is 41.5 Å². The molecule has 0 spiro atoms. The number of alkyl halides is 6. The van der Waals surface area contributed by atoms with E-state index in [9.17, 15) is 31.1 Å². The highest BCUT2D eigenvalue weighted by atomic mass is 35.5. The van der Waals surface area contributed by atoms with Crippen LogP contribution in [0.2, 0.25) is 10.0 Å². The van der Waals surface area contributed by atoms with Gasteiger partial charge in [0.05, 0.1) is 59.3 Å². The average Bonchev–Trinajstić information content (AvgIpc) is 3.57. The van der Waals surface area contributed by atoms with E-state index in [4.69, 9.17) is 27.9 Å². The molecule has 3 fully saturated rings. The number of hydrogen-bond donors (Lipinski definition) is 0. The van der Waals surface area contributed by atoms with E-state index in [0.717, 1.165) is 37.0 Å². The maximum absolute atomic E-state index is 13.6. The van der Waals surface area contributed by atoms with E-state index in [1.807, 2.05) is 6.07 Å². The Balaban J connectivity index is 1.30. The lowest BCUT2D eigenvalue weighted by Gasteiger charge is -2.45. The largest absolute Gasteiger partial charge is 0.416 e. The summed E-state index contributed by atoms with van der Waals surface area (Å²) >= 11 is 12.6. The topological polar surface area (TPSA) is 29.5 Å². The van der Waals surface area contributed by atoms with Crippen LogP contribution in [0.15, 0.2) is 66.7 Å². The highest BCUT2D eigenvalue weighted by Crippen LogP contribution is 2.49. The molecule has 0 saturated carbocycles. The summed E-state index contributed by atoms with van der Waals surface area (Å²) in [6, 6.07) is 16.9. The van der Waals surface area contributed by atoms with Crippen LogP contribution in [0.3, 0.4) is 0 Å². The first kappa shape index (κ1) is 32.2. The van der Waals surface area contributed by atoms with Gasteiger partial charge in [-0.05, 0) is 47.0 Å². The van der Waals surface area contributed by atoms with Crippen LogP contribution in [-0.4, -0.2) is 54.6 Å². The molecule has 1 atom stereocenters. The molecule has 0 aromatic heterocycles. The quantitative estimate of drug-likeness (QED) is 0.187. The van der Waals surface area contributed by atoms with Gasteiger partial charge in [0, 0.05) is 25.8 Å². The molecule has 0 N–H and O–H groups in total. The van der Waals surface area contributed by atoms with Gasteiger partial charge < -0.3 is 14.1 Å². The van der Waals surface area contributed by atoms with Crippen LogP contribution in [0, 0.1) is 0 Å². The SMILES string of the molecule is O=C1COC(CC[N+]23CCC(c4ccccc4)(CC2)C3)(c2ccc(Cl)c(Cl)c2)CN1Cc1cc(C(F)(F)F)cc(C(F)(F)F)c1. The van der Waals surface area contributed by atoms with Gasteiger partial charge in [0.1, 0.15) is 12.2 Å². The van der Waals surface area contributed by atoms with Crippen LogP contribution >= 0.6 is 23.2 Å².